The quantitative estimate of drug-likeness (QED) is 0.929. The number of ether oxygens (including phenoxy) is 2. The maximum absolute atomic E-state index is 12.4. The maximum Gasteiger partial charge on any atom is 0.321 e. The Morgan fingerprint density at radius 1 is 0.840 bits per heavy atom. The van der Waals surface area contributed by atoms with Crippen LogP contribution in [0.3, 0.4) is 0 Å². The van der Waals surface area contributed by atoms with Crippen LogP contribution >= 0.6 is 0 Å². The van der Waals surface area contributed by atoms with E-state index < -0.39 is 0 Å². The second kappa shape index (κ2) is 7.79. The molecule has 2 aromatic rings. The van der Waals surface area contributed by atoms with Crippen LogP contribution in [0, 0.1) is 0 Å². The number of hydrogen-bond acceptors (Lipinski definition) is 4. The smallest absolute Gasteiger partial charge is 0.321 e. The lowest BCUT2D eigenvalue weighted by molar-refractivity contribution is 0.208. The van der Waals surface area contributed by atoms with Crippen molar-refractivity contribution >= 4 is 17.4 Å². The maximum atomic E-state index is 12.4. The van der Waals surface area contributed by atoms with E-state index in [1.807, 2.05) is 53.4 Å². The fourth-order valence-corrected chi connectivity index (χ4v) is 2.84. The van der Waals surface area contributed by atoms with Crippen molar-refractivity contribution in [1.29, 1.82) is 0 Å². The Balaban J connectivity index is 1.52. The Morgan fingerprint density at radius 2 is 1.36 bits per heavy atom. The van der Waals surface area contributed by atoms with E-state index in [1.165, 1.54) is 0 Å². The summed E-state index contributed by atoms with van der Waals surface area (Å²) < 4.78 is 10.3. The Morgan fingerprint density at radius 3 is 1.88 bits per heavy atom. The van der Waals surface area contributed by atoms with Crippen molar-refractivity contribution in [2.45, 2.75) is 0 Å². The Labute approximate surface area is 147 Å². The lowest BCUT2D eigenvalue weighted by Crippen LogP contribution is -2.50. The molecule has 25 heavy (non-hydrogen) atoms. The molecule has 1 saturated heterocycles. The number of amides is 2. The van der Waals surface area contributed by atoms with E-state index in [2.05, 4.69) is 10.2 Å². The predicted molar refractivity (Wildman–Crippen MR) is 98.8 cm³/mol. The van der Waals surface area contributed by atoms with Crippen LogP contribution in [-0.2, 0) is 0 Å². The molecule has 0 unspecified atom stereocenters. The molecule has 0 atom stereocenters. The summed E-state index contributed by atoms with van der Waals surface area (Å²) in [5.41, 5.74) is 1.92. The molecule has 0 saturated carbocycles. The van der Waals surface area contributed by atoms with Gasteiger partial charge in [0.2, 0.25) is 0 Å². The molecule has 1 N–H and O–H groups in total. The van der Waals surface area contributed by atoms with Gasteiger partial charge in [-0.3, -0.25) is 0 Å². The van der Waals surface area contributed by atoms with Crippen LogP contribution in [-0.4, -0.2) is 51.3 Å². The number of rotatable bonds is 4. The number of carbonyl (C=O) groups excluding carboxylic acids is 1. The highest BCUT2D eigenvalue weighted by Crippen LogP contribution is 2.21. The van der Waals surface area contributed by atoms with Crippen LogP contribution in [0.25, 0.3) is 0 Å². The van der Waals surface area contributed by atoms with E-state index in [1.54, 1.807) is 14.2 Å². The fraction of sp³-hybridized carbons (Fsp3) is 0.316. The van der Waals surface area contributed by atoms with E-state index in [4.69, 9.17) is 9.47 Å². The minimum Gasteiger partial charge on any atom is -0.497 e. The predicted octanol–water partition coefficient (Wildman–Crippen LogP) is 3.06. The van der Waals surface area contributed by atoms with E-state index >= 15 is 0 Å². The van der Waals surface area contributed by atoms with E-state index in [-0.39, 0.29) is 6.03 Å². The molecule has 0 bridgehead atoms. The van der Waals surface area contributed by atoms with Gasteiger partial charge in [0.1, 0.15) is 11.5 Å². The molecule has 0 spiro atoms. The second-order valence-corrected chi connectivity index (χ2v) is 5.83. The summed E-state index contributed by atoms with van der Waals surface area (Å²) in [4.78, 5) is 16.5. The number of carbonyl (C=O) groups is 1. The zero-order valence-electron chi connectivity index (χ0n) is 14.6. The summed E-state index contributed by atoms with van der Waals surface area (Å²) in [6, 6.07) is 15.3. The van der Waals surface area contributed by atoms with Gasteiger partial charge in [0.25, 0.3) is 0 Å². The van der Waals surface area contributed by atoms with Crippen LogP contribution in [0.4, 0.5) is 16.2 Å². The number of anilines is 2. The van der Waals surface area contributed by atoms with Crippen molar-refractivity contribution < 1.29 is 14.3 Å². The molecule has 0 aliphatic carbocycles. The summed E-state index contributed by atoms with van der Waals surface area (Å²) in [6.07, 6.45) is 0. The molecular formula is C19H23N3O3. The number of nitrogens with one attached hydrogen (secondary N) is 1. The lowest BCUT2D eigenvalue weighted by atomic mass is 10.2. The standard InChI is InChI=1S/C19H23N3O3/c1-24-17-7-3-15(4-8-17)20-19(23)22-13-11-21(12-14-22)16-5-9-18(25-2)10-6-16/h3-10H,11-14H2,1-2H3,(H,20,23). The first-order valence-electron chi connectivity index (χ1n) is 8.28. The minimum atomic E-state index is -0.0699. The minimum absolute atomic E-state index is 0.0699. The van der Waals surface area contributed by atoms with E-state index in [9.17, 15) is 4.79 Å². The molecule has 6 heteroatoms. The molecular weight excluding hydrogens is 318 g/mol. The molecule has 2 aromatic carbocycles. The van der Waals surface area contributed by atoms with Gasteiger partial charge in [-0.1, -0.05) is 0 Å². The van der Waals surface area contributed by atoms with Gasteiger partial charge in [0, 0.05) is 37.6 Å². The molecule has 1 fully saturated rings. The average Bonchev–Trinajstić information content (AvgIpc) is 2.69. The van der Waals surface area contributed by atoms with Crippen LogP contribution in [0.5, 0.6) is 11.5 Å². The first-order chi connectivity index (χ1) is 12.2. The number of benzene rings is 2. The zero-order chi connectivity index (χ0) is 17.6. The third kappa shape index (κ3) is 4.15. The topological polar surface area (TPSA) is 54.0 Å². The van der Waals surface area contributed by atoms with Crippen molar-refractivity contribution in [2.24, 2.45) is 0 Å². The molecule has 1 aliphatic rings. The molecule has 2 amide bonds. The van der Waals surface area contributed by atoms with Gasteiger partial charge >= 0.3 is 6.03 Å². The molecule has 3 rings (SSSR count). The zero-order valence-corrected chi connectivity index (χ0v) is 14.6. The summed E-state index contributed by atoms with van der Waals surface area (Å²) in [5, 5.41) is 2.93. The number of piperazine rings is 1. The molecule has 0 radical (unpaired) electrons. The number of urea groups is 1. The van der Waals surface area contributed by atoms with Crippen molar-refractivity contribution in [3.63, 3.8) is 0 Å². The van der Waals surface area contributed by atoms with Crippen LogP contribution in [0.1, 0.15) is 0 Å². The Bertz CT molecular complexity index is 693. The highest BCUT2D eigenvalue weighted by atomic mass is 16.5. The van der Waals surface area contributed by atoms with Gasteiger partial charge in [0.15, 0.2) is 0 Å². The van der Waals surface area contributed by atoms with Gasteiger partial charge < -0.3 is 24.6 Å². The third-order valence-electron chi connectivity index (χ3n) is 4.35. The summed E-state index contributed by atoms with van der Waals surface area (Å²) in [5.74, 6) is 1.62. The van der Waals surface area contributed by atoms with Crippen molar-refractivity contribution in [3.8, 4) is 11.5 Å². The number of nitrogens with zero attached hydrogens (tertiary/aromatic N) is 2. The van der Waals surface area contributed by atoms with Crippen LogP contribution in [0.2, 0.25) is 0 Å². The van der Waals surface area contributed by atoms with E-state index in [0.717, 1.165) is 36.0 Å². The normalized spacial score (nSPS) is 14.2. The van der Waals surface area contributed by atoms with Crippen LogP contribution in [0.15, 0.2) is 48.5 Å². The Hall–Kier alpha value is -2.89. The first-order valence-corrected chi connectivity index (χ1v) is 8.28. The molecule has 1 heterocycles. The number of methoxy groups -OCH3 is 2. The third-order valence-corrected chi connectivity index (χ3v) is 4.35. The van der Waals surface area contributed by atoms with Crippen LogP contribution < -0.4 is 19.7 Å². The van der Waals surface area contributed by atoms with Gasteiger partial charge in [-0.2, -0.15) is 0 Å². The molecule has 1 aliphatic heterocycles. The molecule has 6 nitrogen and oxygen atoms in total. The monoisotopic (exact) mass is 341 g/mol. The van der Waals surface area contributed by atoms with Gasteiger partial charge in [-0.05, 0) is 48.5 Å². The first kappa shape index (κ1) is 17.0. The summed E-state index contributed by atoms with van der Waals surface area (Å²) in [6.45, 7) is 2.99. The summed E-state index contributed by atoms with van der Waals surface area (Å²) in [7, 11) is 3.28. The van der Waals surface area contributed by atoms with Crippen molar-refractivity contribution in [3.05, 3.63) is 48.5 Å². The Kier molecular flexibility index (Phi) is 5.28. The molecule has 0 aromatic heterocycles. The second-order valence-electron chi connectivity index (χ2n) is 5.83. The van der Waals surface area contributed by atoms with Gasteiger partial charge in [0.05, 0.1) is 14.2 Å². The van der Waals surface area contributed by atoms with Gasteiger partial charge in [-0.15, -0.1) is 0 Å². The van der Waals surface area contributed by atoms with Gasteiger partial charge in [-0.25, -0.2) is 4.79 Å². The van der Waals surface area contributed by atoms with Crippen molar-refractivity contribution in [2.75, 3.05) is 50.6 Å². The lowest BCUT2D eigenvalue weighted by Gasteiger charge is -2.36. The largest absolute Gasteiger partial charge is 0.497 e. The van der Waals surface area contributed by atoms with Crippen molar-refractivity contribution in [1.82, 2.24) is 4.90 Å². The van der Waals surface area contributed by atoms with E-state index in [0.29, 0.717) is 13.1 Å². The highest BCUT2D eigenvalue weighted by Gasteiger charge is 2.21. The fourth-order valence-electron chi connectivity index (χ4n) is 2.84. The number of hydrogen-bond donors (Lipinski definition) is 1. The SMILES string of the molecule is COc1ccc(NC(=O)N2CCN(c3ccc(OC)cc3)CC2)cc1. The highest BCUT2D eigenvalue weighted by molar-refractivity contribution is 5.89. The summed E-state index contributed by atoms with van der Waals surface area (Å²) >= 11 is 0. The molecule has 132 valence electrons. The average molecular weight is 341 g/mol.